The van der Waals surface area contributed by atoms with E-state index in [9.17, 15) is 19.5 Å². The fourth-order valence-corrected chi connectivity index (χ4v) is 4.39. The fraction of sp³-hybridized carbons (Fsp3) is 0.800. The summed E-state index contributed by atoms with van der Waals surface area (Å²) in [5, 5.41) is 12.6. The number of rotatable bonds is 5. The van der Waals surface area contributed by atoms with E-state index >= 15 is 0 Å². The zero-order chi connectivity index (χ0) is 15.1. The van der Waals surface area contributed by atoms with Crippen molar-refractivity contribution in [2.24, 2.45) is 17.8 Å². The molecule has 2 amide bonds. The molecule has 0 radical (unpaired) electrons. The maximum absolute atomic E-state index is 12.3. The molecule has 1 aliphatic heterocycles. The Kier molecular flexibility index (Phi) is 3.73. The number of fused-ring (bicyclic) bond motifs is 2. The molecule has 6 nitrogen and oxygen atoms in total. The van der Waals surface area contributed by atoms with Crippen LogP contribution in [0.25, 0.3) is 0 Å². The molecule has 3 fully saturated rings. The highest BCUT2D eigenvalue weighted by Crippen LogP contribution is 2.48. The topological polar surface area (TPSA) is 86.7 Å². The minimum absolute atomic E-state index is 0.144. The van der Waals surface area contributed by atoms with E-state index in [0.29, 0.717) is 12.5 Å². The summed E-state index contributed by atoms with van der Waals surface area (Å²) in [6.45, 7) is 2.38. The summed E-state index contributed by atoms with van der Waals surface area (Å²) < 4.78 is 0. The summed E-state index contributed by atoms with van der Waals surface area (Å²) >= 11 is 0. The van der Waals surface area contributed by atoms with E-state index in [2.05, 4.69) is 5.32 Å². The first kappa shape index (κ1) is 14.5. The van der Waals surface area contributed by atoms with E-state index < -0.39 is 17.9 Å². The van der Waals surface area contributed by atoms with Crippen molar-refractivity contribution in [2.75, 3.05) is 6.54 Å². The molecule has 3 rings (SSSR count). The van der Waals surface area contributed by atoms with Gasteiger partial charge in [0.2, 0.25) is 11.8 Å². The van der Waals surface area contributed by atoms with Crippen LogP contribution in [-0.4, -0.2) is 46.4 Å². The molecule has 1 saturated heterocycles. The molecular formula is C15H22N2O4. The number of likely N-dealkylation sites (tertiary alicyclic amines) is 1. The lowest BCUT2D eigenvalue weighted by Gasteiger charge is -2.30. The third-order valence-corrected chi connectivity index (χ3v) is 5.29. The highest BCUT2D eigenvalue weighted by Gasteiger charge is 2.52. The molecule has 2 bridgehead atoms. The smallest absolute Gasteiger partial charge is 0.308 e. The number of nitrogens with one attached hydrogen (secondary N) is 1. The van der Waals surface area contributed by atoms with Crippen molar-refractivity contribution >= 4 is 17.8 Å². The molecule has 5 unspecified atom stereocenters. The van der Waals surface area contributed by atoms with Gasteiger partial charge in [0.15, 0.2) is 0 Å². The molecule has 116 valence electrons. The van der Waals surface area contributed by atoms with Crippen molar-refractivity contribution < 1.29 is 19.5 Å². The molecular weight excluding hydrogens is 272 g/mol. The molecule has 0 spiro atoms. The zero-order valence-corrected chi connectivity index (χ0v) is 12.2. The third-order valence-electron chi connectivity index (χ3n) is 5.29. The third kappa shape index (κ3) is 2.35. The summed E-state index contributed by atoms with van der Waals surface area (Å²) in [7, 11) is 0. The molecule has 2 aliphatic carbocycles. The second kappa shape index (κ2) is 5.40. The summed E-state index contributed by atoms with van der Waals surface area (Å²) in [5.74, 6) is -0.958. The van der Waals surface area contributed by atoms with Gasteiger partial charge in [0.25, 0.3) is 0 Å². The molecule has 3 aliphatic rings. The van der Waals surface area contributed by atoms with E-state index in [1.807, 2.05) is 6.92 Å². The van der Waals surface area contributed by atoms with Gasteiger partial charge in [-0.3, -0.25) is 19.3 Å². The summed E-state index contributed by atoms with van der Waals surface area (Å²) in [6.07, 6.45) is 3.84. The number of carbonyl (C=O) groups is 3. The first-order valence-corrected chi connectivity index (χ1v) is 7.86. The zero-order valence-electron chi connectivity index (χ0n) is 12.2. The number of imide groups is 1. The predicted molar refractivity (Wildman–Crippen MR) is 74.3 cm³/mol. The number of hydrogen-bond acceptors (Lipinski definition) is 4. The van der Waals surface area contributed by atoms with Crippen LogP contribution in [0.1, 0.15) is 39.0 Å². The Hall–Kier alpha value is -1.43. The van der Waals surface area contributed by atoms with Crippen LogP contribution in [0.15, 0.2) is 0 Å². The quantitative estimate of drug-likeness (QED) is 0.726. The summed E-state index contributed by atoms with van der Waals surface area (Å²) in [6, 6.07) is -0.695. The van der Waals surface area contributed by atoms with Gasteiger partial charge in [0, 0.05) is 12.6 Å². The van der Waals surface area contributed by atoms with Gasteiger partial charge >= 0.3 is 5.97 Å². The average molecular weight is 294 g/mol. The Morgan fingerprint density at radius 3 is 2.71 bits per heavy atom. The second-order valence-corrected chi connectivity index (χ2v) is 6.53. The van der Waals surface area contributed by atoms with E-state index in [1.54, 1.807) is 0 Å². The standard InChI is InChI=1S/C15H22N2O4/c1-2-5-17-11(18)7-10(14(17)19)16-13-9-4-3-8(6-9)12(13)15(20)21/h8-10,12-13,16H,2-7H2,1H3,(H,20,21). The molecule has 0 aromatic carbocycles. The van der Waals surface area contributed by atoms with Crippen LogP contribution in [0.2, 0.25) is 0 Å². The van der Waals surface area contributed by atoms with E-state index in [-0.39, 0.29) is 30.2 Å². The van der Waals surface area contributed by atoms with Crippen LogP contribution in [0.4, 0.5) is 0 Å². The minimum Gasteiger partial charge on any atom is -0.481 e. The average Bonchev–Trinajstić information content (AvgIpc) is 3.09. The Bertz CT molecular complexity index is 478. The van der Waals surface area contributed by atoms with Gasteiger partial charge in [-0.1, -0.05) is 6.92 Å². The number of carbonyl (C=O) groups excluding carboxylic acids is 2. The molecule has 2 saturated carbocycles. The Morgan fingerprint density at radius 1 is 1.33 bits per heavy atom. The lowest BCUT2D eigenvalue weighted by Crippen LogP contribution is -2.51. The fourth-order valence-electron chi connectivity index (χ4n) is 4.39. The van der Waals surface area contributed by atoms with Crippen molar-refractivity contribution in [3.05, 3.63) is 0 Å². The normalized spacial score (nSPS) is 38.5. The highest BCUT2D eigenvalue weighted by molar-refractivity contribution is 6.05. The van der Waals surface area contributed by atoms with Gasteiger partial charge in [0.1, 0.15) is 0 Å². The Morgan fingerprint density at radius 2 is 2.05 bits per heavy atom. The SMILES string of the molecule is CCCN1C(=O)CC(NC2C3CCC(C3)C2C(=O)O)C1=O. The number of carboxylic acids is 1. The number of carboxylic acid groups (broad SMARTS) is 1. The minimum atomic E-state index is -0.776. The number of hydrogen-bond donors (Lipinski definition) is 2. The van der Waals surface area contributed by atoms with Gasteiger partial charge in [-0.05, 0) is 37.5 Å². The van der Waals surface area contributed by atoms with Crippen molar-refractivity contribution in [3.8, 4) is 0 Å². The van der Waals surface area contributed by atoms with Crippen LogP contribution in [0, 0.1) is 17.8 Å². The van der Waals surface area contributed by atoms with Gasteiger partial charge in [0.05, 0.1) is 18.4 Å². The maximum atomic E-state index is 12.3. The van der Waals surface area contributed by atoms with Crippen molar-refractivity contribution in [2.45, 2.75) is 51.1 Å². The lowest BCUT2D eigenvalue weighted by atomic mass is 9.84. The predicted octanol–water partition coefficient (Wildman–Crippen LogP) is 0.613. The maximum Gasteiger partial charge on any atom is 0.308 e. The molecule has 2 N–H and O–H groups in total. The number of aliphatic carboxylic acids is 1. The molecule has 0 aromatic heterocycles. The van der Waals surface area contributed by atoms with E-state index in [4.69, 9.17) is 0 Å². The molecule has 1 heterocycles. The van der Waals surface area contributed by atoms with Gasteiger partial charge < -0.3 is 10.4 Å². The first-order chi connectivity index (χ1) is 10.0. The number of amides is 2. The Labute approximate surface area is 123 Å². The monoisotopic (exact) mass is 294 g/mol. The first-order valence-electron chi connectivity index (χ1n) is 7.86. The molecule has 5 atom stereocenters. The second-order valence-electron chi connectivity index (χ2n) is 6.53. The van der Waals surface area contributed by atoms with Gasteiger partial charge in [-0.25, -0.2) is 0 Å². The van der Waals surface area contributed by atoms with Gasteiger partial charge in [-0.15, -0.1) is 0 Å². The van der Waals surface area contributed by atoms with Crippen LogP contribution < -0.4 is 5.32 Å². The van der Waals surface area contributed by atoms with Crippen molar-refractivity contribution in [3.63, 3.8) is 0 Å². The largest absolute Gasteiger partial charge is 0.481 e. The van der Waals surface area contributed by atoms with Crippen LogP contribution in [0.5, 0.6) is 0 Å². The van der Waals surface area contributed by atoms with Crippen molar-refractivity contribution in [1.82, 2.24) is 10.2 Å². The summed E-state index contributed by atoms with van der Waals surface area (Å²) in [4.78, 5) is 36.9. The molecule has 6 heteroatoms. The van der Waals surface area contributed by atoms with Crippen LogP contribution >= 0.6 is 0 Å². The summed E-state index contributed by atoms with van der Waals surface area (Å²) in [5.41, 5.74) is 0. The lowest BCUT2D eigenvalue weighted by molar-refractivity contribution is -0.145. The van der Waals surface area contributed by atoms with Crippen LogP contribution in [0.3, 0.4) is 0 Å². The van der Waals surface area contributed by atoms with Crippen LogP contribution in [-0.2, 0) is 14.4 Å². The van der Waals surface area contributed by atoms with E-state index in [0.717, 1.165) is 25.7 Å². The Balaban J connectivity index is 1.70. The molecule has 0 aromatic rings. The van der Waals surface area contributed by atoms with E-state index in [1.165, 1.54) is 4.90 Å². The highest BCUT2D eigenvalue weighted by atomic mass is 16.4. The molecule has 21 heavy (non-hydrogen) atoms. The number of nitrogens with zero attached hydrogens (tertiary/aromatic N) is 1. The van der Waals surface area contributed by atoms with Gasteiger partial charge in [-0.2, -0.15) is 0 Å². The van der Waals surface area contributed by atoms with Crippen molar-refractivity contribution in [1.29, 1.82) is 0 Å².